The molecule has 1 atom stereocenters. The van der Waals surface area contributed by atoms with Crippen LogP contribution in [0, 0.1) is 0 Å². The number of hydrogen-bond acceptors (Lipinski definition) is 3. The van der Waals surface area contributed by atoms with Crippen molar-refractivity contribution in [2.45, 2.75) is 57.6 Å². The molecule has 21 heavy (non-hydrogen) atoms. The van der Waals surface area contributed by atoms with E-state index in [-0.39, 0.29) is 24.4 Å². The van der Waals surface area contributed by atoms with Crippen LogP contribution in [-0.4, -0.2) is 18.1 Å². The van der Waals surface area contributed by atoms with E-state index in [1.54, 1.807) is 0 Å². The SMILES string of the molecule is CCCC(N)C(=O)Nc1ccccc1OC1CCCC1.Cl. The van der Waals surface area contributed by atoms with Gasteiger partial charge in [0.1, 0.15) is 5.75 Å². The summed E-state index contributed by atoms with van der Waals surface area (Å²) in [5.41, 5.74) is 6.55. The van der Waals surface area contributed by atoms with E-state index >= 15 is 0 Å². The molecule has 1 saturated carbocycles. The third-order valence-electron chi connectivity index (χ3n) is 3.68. The van der Waals surface area contributed by atoms with Crippen molar-refractivity contribution in [2.75, 3.05) is 5.32 Å². The fourth-order valence-electron chi connectivity index (χ4n) is 2.53. The standard InChI is InChI=1S/C16H24N2O2.ClH/c1-2-7-13(17)16(19)18-14-10-5-6-11-15(14)20-12-8-3-4-9-12;/h5-6,10-13H,2-4,7-9,17H2,1H3,(H,18,19);1H. The molecule has 0 spiro atoms. The number of nitrogens with one attached hydrogen (secondary N) is 1. The Hall–Kier alpha value is -1.26. The molecule has 1 aromatic carbocycles. The van der Waals surface area contributed by atoms with Gasteiger partial charge in [0.05, 0.1) is 17.8 Å². The number of carbonyl (C=O) groups excluding carboxylic acids is 1. The maximum absolute atomic E-state index is 12.0. The van der Waals surface area contributed by atoms with Crippen molar-refractivity contribution < 1.29 is 9.53 Å². The van der Waals surface area contributed by atoms with Gasteiger partial charge >= 0.3 is 0 Å². The second-order valence-electron chi connectivity index (χ2n) is 5.40. The van der Waals surface area contributed by atoms with Gasteiger partial charge in [-0.05, 0) is 44.2 Å². The number of amides is 1. The Labute approximate surface area is 132 Å². The highest BCUT2D eigenvalue weighted by Gasteiger charge is 2.19. The molecule has 0 saturated heterocycles. The molecule has 5 heteroatoms. The fraction of sp³-hybridized carbons (Fsp3) is 0.562. The average molecular weight is 313 g/mol. The predicted octanol–water partition coefficient (Wildman–Crippen LogP) is 3.50. The lowest BCUT2D eigenvalue weighted by molar-refractivity contribution is -0.117. The first-order chi connectivity index (χ1) is 9.70. The van der Waals surface area contributed by atoms with Gasteiger partial charge < -0.3 is 15.8 Å². The van der Waals surface area contributed by atoms with E-state index in [0.29, 0.717) is 6.42 Å². The maximum Gasteiger partial charge on any atom is 0.241 e. The summed E-state index contributed by atoms with van der Waals surface area (Å²) >= 11 is 0. The highest BCUT2D eigenvalue weighted by atomic mass is 35.5. The largest absolute Gasteiger partial charge is 0.488 e. The predicted molar refractivity (Wildman–Crippen MR) is 88.1 cm³/mol. The normalized spacial score (nSPS) is 16.1. The van der Waals surface area contributed by atoms with Crippen molar-refractivity contribution in [1.29, 1.82) is 0 Å². The van der Waals surface area contributed by atoms with E-state index < -0.39 is 6.04 Å². The summed E-state index contributed by atoms with van der Waals surface area (Å²) in [4.78, 5) is 12.0. The van der Waals surface area contributed by atoms with Crippen molar-refractivity contribution in [2.24, 2.45) is 5.73 Å². The Morgan fingerprint density at radius 1 is 1.38 bits per heavy atom. The van der Waals surface area contributed by atoms with Gasteiger partial charge in [-0.15, -0.1) is 12.4 Å². The fourth-order valence-corrected chi connectivity index (χ4v) is 2.53. The van der Waals surface area contributed by atoms with Crippen LogP contribution in [0.3, 0.4) is 0 Å². The van der Waals surface area contributed by atoms with Crippen LogP contribution in [0.1, 0.15) is 45.4 Å². The lowest BCUT2D eigenvalue weighted by atomic mass is 10.1. The van der Waals surface area contributed by atoms with Crippen LogP contribution >= 0.6 is 12.4 Å². The van der Waals surface area contributed by atoms with Crippen LogP contribution in [-0.2, 0) is 4.79 Å². The van der Waals surface area contributed by atoms with E-state index in [2.05, 4.69) is 5.32 Å². The van der Waals surface area contributed by atoms with Crippen LogP contribution in [0.5, 0.6) is 5.75 Å². The Kier molecular flexibility index (Phi) is 7.54. The van der Waals surface area contributed by atoms with Crippen molar-refractivity contribution >= 4 is 24.0 Å². The van der Waals surface area contributed by atoms with Crippen molar-refractivity contribution in [1.82, 2.24) is 0 Å². The van der Waals surface area contributed by atoms with Gasteiger partial charge in [0.25, 0.3) is 0 Å². The molecule has 118 valence electrons. The molecular weight excluding hydrogens is 288 g/mol. The summed E-state index contributed by atoms with van der Waals surface area (Å²) in [6.07, 6.45) is 6.50. The minimum absolute atomic E-state index is 0. The van der Waals surface area contributed by atoms with Gasteiger partial charge in [-0.1, -0.05) is 25.5 Å². The van der Waals surface area contributed by atoms with Crippen LogP contribution < -0.4 is 15.8 Å². The van der Waals surface area contributed by atoms with Crippen LogP contribution in [0.25, 0.3) is 0 Å². The topological polar surface area (TPSA) is 64.4 Å². The molecule has 2 rings (SSSR count). The van der Waals surface area contributed by atoms with Gasteiger partial charge in [-0.2, -0.15) is 0 Å². The maximum atomic E-state index is 12.0. The minimum Gasteiger partial charge on any atom is -0.488 e. The summed E-state index contributed by atoms with van der Waals surface area (Å²) in [6.45, 7) is 2.02. The van der Waals surface area contributed by atoms with Gasteiger partial charge in [0.2, 0.25) is 5.91 Å². The monoisotopic (exact) mass is 312 g/mol. The molecule has 0 aromatic heterocycles. The molecule has 1 aromatic rings. The number of halogens is 1. The number of para-hydroxylation sites is 2. The molecule has 1 aliphatic carbocycles. The number of ether oxygens (including phenoxy) is 1. The second kappa shape index (κ2) is 8.90. The number of rotatable bonds is 6. The summed E-state index contributed by atoms with van der Waals surface area (Å²) in [6, 6.07) is 7.12. The Morgan fingerprint density at radius 3 is 2.71 bits per heavy atom. The molecule has 0 aliphatic heterocycles. The van der Waals surface area contributed by atoms with Gasteiger partial charge in [0, 0.05) is 0 Å². The smallest absolute Gasteiger partial charge is 0.241 e. The number of benzene rings is 1. The molecule has 1 fully saturated rings. The van der Waals surface area contributed by atoms with Crippen LogP contribution in [0.4, 0.5) is 5.69 Å². The average Bonchev–Trinajstić information content (AvgIpc) is 2.94. The molecule has 1 unspecified atom stereocenters. The third-order valence-corrected chi connectivity index (χ3v) is 3.68. The molecule has 4 nitrogen and oxygen atoms in total. The Balaban J connectivity index is 0.00000220. The zero-order valence-electron chi connectivity index (χ0n) is 12.5. The zero-order valence-corrected chi connectivity index (χ0v) is 13.3. The van der Waals surface area contributed by atoms with E-state index in [1.807, 2.05) is 31.2 Å². The molecule has 0 heterocycles. The molecular formula is C16H25ClN2O2. The first-order valence-corrected chi connectivity index (χ1v) is 7.53. The minimum atomic E-state index is -0.459. The molecule has 0 bridgehead atoms. The van der Waals surface area contributed by atoms with Gasteiger partial charge in [0.15, 0.2) is 0 Å². The summed E-state index contributed by atoms with van der Waals surface area (Å²) in [7, 11) is 0. The molecule has 0 radical (unpaired) electrons. The van der Waals surface area contributed by atoms with Crippen molar-refractivity contribution in [3.8, 4) is 5.75 Å². The summed E-state index contributed by atoms with van der Waals surface area (Å²) in [5, 5.41) is 2.88. The molecule has 3 N–H and O–H groups in total. The third kappa shape index (κ3) is 5.21. The second-order valence-corrected chi connectivity index (χ2v) is 5.40. The van der Waals surface area contributed by atoms with Gasteiger partial charge in [-0.3, -0.25) is 4.79 Å². The number of anilines is 1. The van der Waals surface area contributed by atoms with Crippen molar-refractivity contribution in [3.63, 3.8) is 0 Å². The van der Waals surface area contributed by atoms with E-state index in [1.165, 1.54) is 12.8 Å². The quantitative estimate of drug-likeness (QED) is 0.845. The highest BCUT2D eigenvalue weighted by molar-refractivity contribution is 5.95. The zero-order chi connectivity index (χ0) is 14.4. The van der Waals surface area contributed by atoms with Crippen LogP contribution in [0.15, 0.2) is 24.3 Å². The van der Waals surface area contributed by atoms with Crippen LogP contribution in [0.2, 0.25) is 0 Å². The lowest BCUT2D eigenvalue weighted by Gasteiger charge is -2.18. The first-order valence-electron chi connectivity index (χ1n) is 7.53. The van der Waals surface area contributed by atoms with E-state index in [4.69, 9.17) is 10.5 Å². The molecule has 1 amide bonds. The number of nitrogens with two attached hydrogens (primary N) is 1. The number of carbonyl (C=O) groups is 1. The van der Waals surface area contributed by atoms with E-state index in [0.717, 1.165) is 30.7 Å². The lowest BCUT2D eigenvalue weighted by Crippen LogP contribution is -2.35. The summed E-state index contributed by atoms with van der Waals surface area (Å²) in [5.74, 6) is 0.603. The Morgan fingerprint density at radius 2 is 2.05 bits per heavy atom. The Bertz CT molecular complexity index is 448. The summed E-state index contributed by atoms with van der Waals surface area (Å²) < 4.78 is 5.99. The number of hydrogen-bond donors (Lipinski definition) is 2. The molecule has 1 aliphatic rings. The van der Waals surface area contributed by atoms with Gasteiger partial charge in [-0.25, -0.2) is 0 Å². The van der Waals surface area contributed by atoms with Crippen molar-refractivity contribution in [3.05, 3.63) is 24.3 Å². The van der Waals surface area contributed by atoms with E-state index in [9.17, 15) is 4.79 Å². The highest BCUT2D eigenvalue weighted by Crippen LogP contribution is 2.29. The first kappa shape index (κ1) is 17.8.